The van der Waals surface area contributed by atoms with Crippen molar-refractivity contribution in [3.05, 3.63) is 60.7 Å². The van der Waals surface area contributed by atoms with Crippen LogP contribution in [-0.2, 0) is 0 Å². The molecule has 1 atom stereocenters. The summed E-state index contributed by atoms with van der Waals surface area (Å²) in [6.45, 7) is 1.90. The molecule has 3 heteroatoms. The van der Waals surface area contributed by atoms with Crippen LogP contribution in [-0.4, -0.2) is 6.17 Å². The molecule has 1 unspecified atom stereocenters. The lowest BCUT2D eigenvalue weighted by molar-refractivity contribution is 0.407. The standard InChI is InChI=1S/C15H13N2O/c1-4-8-14-10(5-1)11(9-18-14)15-16-12-6-2-3-7-13(12)17-15/h1-9,11,15-17H. The van der Waals surface area contributed by atoms with Crippen molar-refractivity contribution in [2.24, 2.45) is 0 Å². The summed E-state index contributed by atoms with van der Waals surface area (Å²) in [7, 11) is 0. The minimum atomic E-state index is 0.158. The molecule has 2 N–H and O–H groups in total. The van der Waals surface area contributed by atoms with E-state index in [1.807, 2.05) is 30.9 Å². The van der Waals surface area contributed by atoms with Gasteiger partial charge in [-0.25, -0.2) is 0 Å². The quantitative estimate of drug-likeness (QED) is 0.799. The lowest BCUT2D eigenvalue weighted by Gasteiger charge is -2.18. The Kier molecular flexibility index (Phi) is 2.00. The molecule has 18 heavy (non-hydrogen) atoms. The van der Waals surface area contributed by atoms with Crippen molar-refractivity contribution in [3.8, 4) is 5.75 Å². The van der Waals surface area contributed by atoms with Gasteiger partial charge >= 0.3 is 0 Å². The van der Waals surface area contributed by atoms with Crippen LogP contribution in [0.2, 0.25) is 0 Å². The molecule has 2 aliphatic heterocycles. The van der Waals surface area contributed by atoms with Crippen LogP contribution in [0.3, 0.4) is 0 Å². The van der Waals surface area contributed by atoms with Gasteiger partial charge in [0.1, 0.15) is 18.5 Å². The third kappa shape index (κ3) is 1.37. The Morgan fingerprint density at radius 2 is 1.50 bits per heavy atom. The maximum atomic E-state index is 5.62. The lowest BCUT2D eigenvalue weighted by atomic mass is 9.98. The number of ether oxygens (including phenoxy) is 1. The van der Waals surface area contributed by atoms with Crippen molar-refractivity contribution in [3.63, 3.8) is 0 Å². The molecular formula is C15H13N2O. The Morgan fingerprint density at radius 1 is 0.833 bits per heavy atom. The molecule has 3 nitrogen and oxygen atoms in total. The SMILES string of the molecule is [CH]1Oc2ccccc2C1C1Nc2ccccc2N1. The average Bonchev–Trinajstić information content (AvgIpc) is 3.02. The third-order valence-corrected chi connectivity index (χ3v) is 3.53. The van der Waals surface area contributed by atoms with Crippen molar-refractivity contribution in [2.75, 3.05) is 10.6 Å². The molecule has 4 rings (SSSR count). The van der Waals surface area contributed by atoms with Crippen LogP contribution in [0.5, 0.6) is 5.75 Å². The molecular weight excluding hydrogens is 224 g/mol. The molecule has 89 valence electrons. The second kappa shape index (κ2) is 3.67. The first-order chi connectivity index (χ1) is 8.92. The normalized spacial score (nSPS) is 20.6. The van der Waals surface area contributed by atoms with Crippen molar-refractivity contribution in [1.29, 1.82) is 0 Å². The highest BCUT2D eigenvalue weighted by Gasteiger charge is 2.34. The Balaban J connectivity index is 1.65. The number of para-hydroxylation sites is 3. The first kappa shape index (κ1) is 9.83. The summed E-state index contributed by atoms with van der Waals surface area (Å²) in [6, 6.07) is 16.4. The summed E-state index contributed by atoms with van der Waals surface area (Å²) < 4.78 is 5.62. The third-order valence-electron chi connectivity index (χ3n) is 3.53. The van der Waals surface area contributed by atoms with E-state index < -0.39 is 0 Å². The summed E-state index contributed by atoms with van der Waals surface area (Å²) >= 11 is 0. The van der Waals surface area contributed by atoms with Crippen LogP contribution < -0.4 is 15.4 Å². The molecule has 2 aromatic carbocycles. The Morgan fingerprint density at radius 3 is 2.28 bits per heavy atom. The number of nitrogens with one attached hydrogen (secondary N) is 2. The van der Waals surface area contributed by atoms with E-state index in [2.05, 4.69) is 34.9 Å². The zero-order chi connectivity index (χ0) is 11.9. The maximum Gasteiger partial charge on any atom is 0.147 e. The van der Waals surface area contributed by atoms with Gasteiger partial charge in [0, 0.05) is 5.56 Å². The van der Waals surface area contributed by atoms with Gasteiger partial charge in [-0.15, -0.1) is 0 Å². The monoisotopic (exact) mass is 237 g/mol. The van der Waals surface area contributed by atoms with Gasteiger partial charge in [-0.1, -0.05) is 30.3 Å². The highest BCUT2D eigenvalue weighted by Crippen LogP contribution is 2.42. The number of fused-ring (bicyclic) bond motifs is 2. The van der Waals surface area contributed by atoms with Gasteiger partial charge < -0.3 is 15.4 Å². The summed E-state index contributed by atoms with van der Waals surface area (Å²) in [6.07, 6.45) is 0.158. The van der Waals surface area contributed by atoms with Gasteiger partial charge in [0.05, 0.1) is 17.3 Å². The lowest BCUT2D eigenvalue weighted by Crippen LogP contribution is -2.29. The van der Waals surface area contributed by atoms with Crippen LogP contribution >= 0.6 is 0 Å². The van der Waals surface area contributed by atoms with Gasteiger partial charge in [0.25, 0.3) is 0 Å². The van der Waals surface area contributed by atoms with Gasteiger partial charge in [-0.05, 0) is 18.2 Å². The molecule has 0 fully saturated rings. The predicted molar refractivity (Wildman–Crippen MR) is 71.6 cm³/mol. The summed E-state index contributed by atoms with van der Waals surface area (Å²) in [4.78, 5) is 0. The molecule has 0 spiro atoms. The Labute approximate surface area is 106 Å². The molecule has 2 aromatic rings. The van der Waals surface area contributed by atoms with Gasteiger partial charge in [-0.3, -0.25) is 0 Å². The van der Waals surface area contributed by atoms with Crippen molar-refractivity contribution in [2.45, 2.75) is 12.1 Å². The Bertz CT molecular complexity index is 572. The number of benzene rings is 2. The molecule has 0 saturated carbocycles. The minimum absolute atomic E-state index is 0.158. The maximum absolute atomic E-state index is 5.62. The molecule has 0 aliphatic carbocycles. The molecule has 1 radical (unpaired) electrons. The van der Waals surface area contributed by atoms with E-state index in [9.17, 15) is 0 Å². The molecule has 0 amide bonds. The summed E-state index contributed by atoms with van der Waals surface area (Å²) in [5.74, 6) is 1.19. The van der Waals surface area contributed by atoms with Gasteiger partial charge in [0.2, 0.25) is 0 Å². The number of anilines is 2. The van der Waals surface area contributed by atoms with E-state index in [4.69, 9.17) is 4.74 Å². The number of hydrogen-bond acceptors (Lipinski definition) is 3. The molecule has 0 aromatic heterocycles. The molecule has 0 bridgehead atoms. The fourth-order valence-corrected chi connectivity index (χ4v) is 2.63. The zero-order valence-corrected chi connectivity index (χ0v) is 9.76. The topological polar surface area (TPSA) is 33.3 Å². The van der Waals surface area contributed by atoms with E-state index in [-0.39, 0.29) is 12.1 Å². The zero-order valence-electron chi connectivity index (χ0n) is 9.76. The van der Waals surface area contributed by atoms with Gasteiger partial charge in [-0.2, -0.15) is 0 Å². The summed E-state index contributed by atoms with van der Waals surface area (Å²) in [5.41, 5.74) is 3.54. The van der Waals surface area contributed by atoms with E-state index in [1.165, 1.54) is 5.56 Å². The smallest absolute Gasteiger partial charge is 0.147 e. The molecule has 0 saturated heterocycles. The van der Waals surface area contributed by atoms with Crippen molar-refractivity contribution < 1.29 is 4.74 Å². The molecule has 2 aliphatic rings. The van der Waals surface area contributed by atoms with Crippen LogP contribution in [0.25, 0.3) is 0 Å². The first-order valence-corrected chi connectivity index (χ1v) is 6.13. The molecule has 2 heterocycles. The van der Waals surface area contributed by atoms with Crippen molar-refractivity contribution in [1.82, 2.24) is 0 Å². The van der Waals surface area contributed by atoms with Crippen LogP contribution in [0.15, 0.2) is 48.5 Å². The van der Waals surface area contributed by atoms with Crippen molar-refractivity contribution >= 4 is 11.4 Å². The van der Waals surface area contributed by atoms with Crippen LogP contribution in [0, 0.1) is 6.61 Å². The highest BCUT2D eigenvalue weighted by atomic mass is 16.5. The van der Waals surface area contributed by atoms with E-state index in [0.717, 1.165) is 17.1 Å². The van der Waals surface area contributed by atoms with Crippen LogP contribution in [0.1, 0.15) is 11.5 Å². The second-order valence-corrected chi connectivity index (χ2v) is 4.63. The largest absolute Gasteiger partial charge is 0.485 e. The second-order valence-electron chi connectivity index (χ2n) is 4.63. The number of rotatable bonds is 1. The summed E-state index contributed by atoms with van der Waals surface area (Å²) in [5, 5.41) is 6.99. The minimum Gasteiger partial charge on any atom is -0.485 e. The van der Waals surface area contributed by atoms with E-state index in [1.54, 1.807) is 0 Å². The van der Waals surface area contributed by atoms with E-state index >= 15 is 0 Å². The van der Waals surface area contributed by atoms with Crippen LogP contribution in [0.4, 0.5) is 11.4 Å². The predicted octanol–water partition coefficient (Wildman–Crippen LogP) is 3.19. The fraction of sp³-hybridized carbons (Fsp3) is 0.133. The highest BCUT2D eigenvalue weighted by molar-refractivity contribution is 5.75. The Hall–Kier alpha value is -2.16. The van der Waals surface area contributed by atoms with Gasteiger partial charge in [0.15, 0.2) is 0 Å². The first-order valence-electron chi connectivity index (χ1n) is 6.13. The average molecular weight is 237 g/mol. The number of hydrogen-bond donors (Lipinski definition) is 2. The van der Waals surface area contributed by atoms with E-state index in [0.29, 0.717) is 0 Å². The fourth-order valence-electron chi connectivity index (χ4n) is 2.63.